The number of phosphoric acid groups is 1. The third-order valence-electron chi connectivity index (χ3n) is 7.24. The Morgan fingerprint density at radius 3 is 1.89 bits per heavy atom. The van der Waals surface area contributed by atoms with E-state index in [1.165, 1.54) is 32.6 Å². The molecule has 1 saturated heterocycles. The molecular formula is C31H62NO11P. The zero-order valence-electron chi connectivity index (χ0n) is 27.9. The number of aliphatic hydroxyl groups excluding tert-OH is 3. The molecule has 262 valence electrons. The summed E-state index contributed by atoms with van der Waals surface area (Å²) in [5.74, 6) is -0.368. The zero-order chi connectivity index (χ0) is 33.2. The van der Waals surface area contributed by atoms with Crippen LogP contribution in [-0.2, 0) is 32.6 Å². The number of rotatable bonds is 24. The van der Waals surface area contributed by atoms with E-state index in [-0.39, 0.29) is 17.9 Å². The minimum atomic E-state index is -4.12. The van der Waals surface area contributed by atoms with Crippen molar-refractivity contribution in [2.24, 2.45) is 5.41 Å². The van der Waals surface area contributed by atoms with Crippen LogP contribution in [0.5, 0.6) is 0 Å². The van der Waals surface area contributed by atoms with Crippen LogP contribution >= 0.6 is 7.82 Å². The molecule has 1 amide bonds. The highest BCUT2D eigenvalue weighted by Crippen LogP contribution is 2.47. The van der Waals surface area contributed by atoms with E-state index in [1.54, 1.807) is 13.8 Å². The lowest BCUT2D eigenvalue weighted by Crippen LogP contribution is -2.64. The molecule has 0 aliphatic carbocycles. The zero-order valence-corrected chi connectivity index (χ0v) is 28.8. The quantitative estimate of drug-likeness (QED) is 0.0727. The van der Waals surface area contributed by atoms with Gasteiger partial charge < -0.3 is 39.7 Å². The minimum absolute atomic E-state index is 0.0767. The summed E-state index contributed by atoms with van der Waals surface area (Å²) >= 11 is 0. The highest BCUT2D eigenvalue weighted by atomic mass is 31.2. The van der Waals surface area contributed by atoms with Gasteiger partial charge in [-0.15, -0.1) is 0 Å². The van der Waals surface area contributed by atoms with Gasteiger partial charge in [-0.2, -0.15) is 0 Å². The van der Waals surface area contributed by atoms with Crippen LogP contribution in [0.1, 0.15) is 119 Å². The van der Waals surface area contributed by atoms with E-state index in [1.807, 2.05) is 0 Å². The van der Waals surface area contributed by atoms with E-state index in [4.69, 9.17) is 23.3 Å². The summed E-state index contributed by atoms with van der Waals surface area (Å²) in [5.41, 5.74) is -0.0767. The topological polar surface area (TPSA) is 173 Å². The van der Waals surface area contributed by atoms with Gasteiger partial charge in [-0.05, 0) is 38.5 Å². The summed E-state index contributed by atoms with van der Waals surface area (Å²) in [7, 11) is -4.12. The van der Waals surface area contributed by atoms with Crippen LogP contribution in [0.15, 0.2) is 0 Å². The van der Waals surface area contributed by atoms with Gasteiger partial charge in [-0.25, -0.2) is 4.57 Å². The van der Waals surface area contributed by atoms with Crippen molar-refractivity contribution >= 4 is 13.7 Å². The normalized spacial score (nSPS) is 24.8. The summed E-state index contributed by atoms with van der Waals surface area (Å²) < 4.78 is 39.8. The van der Waals surface area contributed by atoms with Crippen LogP contribution in [0.4, 0.5) is 0 Å². The number of unbranched alkanes of at least 4 members (excludes halogenated alkanes) is 10. The first-order valence-electron chi connectivity index (χ1n) is 16.4. The number of amides is 1. The Morgan fingerprint density at radius 2 is 1.41 bits per heavy atom. The fourth-order valence-electron chi connectivity index (χ4n) is 5.21. The van der Waals surface area contributed by atoms with Crippen molar-refractivity contribution in [3.63, 3.8) is 0 Å². The Kier molecular flexibility index (Phi) is 20.7. The lowest BCUT2D eigenvalue weighted by Gasteiger charge is -2.42. The maximum absolute atomic E-state index is 12.2. The van der Waals surface area contributed by atoms with Gasteiger partial charge in [-0.1, -0.05) is 78.6 Å². The molecule has 1 rings (SSSR count). The molecule has 0 aromatic rings. The molecule has 0 spiro atoms. The minimum Gasteiger partial charge on any atom is -0.394 e. The van der Waals surface area contributed by atoms with Gasteiger partial charge in [0.1, 0.15) is 24.4 Å². The SMILES string of the molecule is CC(=O)N[C@H]1C(OCCCCCCCCCCCCCOC[C@@H](CC(C)(C)C)OP(=O)(O)OC(C)C)O[C@H](CO)[C@H](O)[C@@H]1O. The Hall–Kier alpha value is -0.660. The Balaban J connectivity index is 2.08. The predicted octanol–water partition coefficient (Wildman–Crippen LogP) is 4.60. The summed E-state index contributed by atoms with van der Waals surface area (Å²) in [5, 5.41) is 32.4. The number of phosphoric ester groups is 1. The van der Waals surface area contributed by atoms with E-state index in [9.17, 15) is 29.6 Å². The number of hydrogen-bond donors (Lipinski definition) is 5. The summed E-state index contributed by atoms with van der Waals surface area (Å²) in [6.07, 6.45) is 7.20. The molecule has 5 N–H and O–H groups in total. The van der Waals surface area contributed by atoms with Crippen LogP contribution in [0.2, 0.25) is 0 Å². The van der Waals surface area contributed by atoms with Gasteiger partial charge in [0, 0.05) is 20.1 Å². The molecule has 0 radical (unpaired) electrons. The number of hydrogen-bond acceptors (Lipinski definition) is 10. The van der Waals surface area contributed by atoms with Crippen LogP contribution in [0.3, 0.4) is 0 Å². The second kappa shape index (κ2) is 22.0. The predicted molar refractivity (Wildman–Crippen MR) is 168 cm³/mol. The number of aliphatic hydroxyl groups is 3. The van der Waals surface area contributed by atoms with Gasteiger partial charge in [-0.3, -0.25) is 13.8 Å². The van der Waals surface area contributed by atoms with Crippen molar-refractivity contribution in [1.82, 2.24) is 5.32 Å². The molecule has 0 aromatic carbocycles. The Bertz CT molecular complexity index is 810. The van der Waals surface area contributed by atoms with E-state index < -0.39 is 57.3 Å². The van der Waals surface area contributed by atoms with Gasteiger partial charge >= 0.3 is 7.82 Å². The monoisotopic (exact) mass is 655 g/mol. The van der Waals surface area contributed by atoms with Crippen molar-refractivity contribution in [2.75, 3.05) is 26.4 Å². The van der Waals surface area contributed by atoms with Crippen molar-refractivity contribution in [3.8, 4) is 0 Å². The van der Waals surface area contributed by atoms with Gasteiger partial charge in [0.2, 0.25) is 5.91 Å². The van der Waals surface area contributed by atoms with Crippen LogP contribution < -0.4 is 5.32 Å². The van der Waals surface area contributed by atoms with Crippen LogP contribution in [0.25, 0.3) is 0 Å². The second-order valence-corrected chi connectivity index (χ2v) is 14.7. The summed E-state index contributed by atoms with van der Waals surface area (Å²) in [6, 6.07) is -0.901. The first kappa shape index (κ1) is 41.4. The van der Waals surface area contributed by atoms with Crippen molar-refractivity contribution in [3.05, 3.63) is 0 Å². The lowest BCUT2D eigenvalue weighted by atomic mass is 9.89. The fourth-order valence-corrected chi connectivity index (χ4v) is 6.31. The van der Waals surface area contributed by atoms with Crippen LogP contribution in [-0.4, -0.2) is 95.4 Å². The van der Waals surface area contributed by atoms with E-state index in [0.29, 0.717) is 19.6 Å². The maximum Gasteiger partial charge on any atom is 0.472 e. The highest BCUT2D eigenvalue weighted by molar-refractivity contribution is 7.47. The molecule has 1 fully saturated rings. The molecule has 12 nitrogen and oxygen atoms in total. The third kappa shape index (κ3) is 19.1. The molecule has 0 aromatic heterocycles. The van der Waals surface area contributed by atoms with E-state index >= 15 is 0 Å². The van der Waals surface area contributed by atoms with Crippen molar-refractivity contribution in [1.29, 1.82) is 0 Å². The number of carbonyl (C=O) groups excluding carboxylic acids is 1. The fraction of sp³-hybridized carbons (Fsp3) is 0.968. The Labute approximate surface area is 265 Å². The molecule has 1 heterocycles. The molecule has 0 saturated carbocycles. The smallest absolute Gasteiger partial charge is 0.394 e. The molecule has 0 bridgehead atoms. The average molecular weight is 656 g/mol. The molecule has 1 aliphatic heterocycles. The maximum atomic E-state index is 12.2. The average Bonchev–Trinajstić information content (AvgIpc) is 2.89. The van der Waals surface area contributed by atoms with Gasteiger partial charge in [0.25, 0.3) is 0 Å². The number of ether oxygens (including phenoxy) is 3. The van der Waals surface area contributed by atoms with Crippen LogP contribution in [0, 0.1) is 5.41 Å². The standard InChI is InChI=1S/C31H62NO11P/c1-23(2)42-44(37,38)43-25(20-31(4,5)6)22-39-18-16-14-12-10-8-7-9-11-13-15-17-19-40-30-27(32-24(3)34)29(36)28(35)26(21-33)41-30/h23,25-30,33,35-36H,7-22H2,1-6H3,(H,32,34)(H,37,38)/t25-,26-,27-,28+,29-,30?/m1/s1. The van der Waals surface area contributed by atoms with Crippen molar-refractivity contribution < 1.29 is 52.8 Å². The lowest BCUT2D eigenvalue weighted by molar-refractivity contribution is -0.270. The van der Waals surface area contributed by atoms with E-state index in [0.717, 1.165) is 44.9 Å². The third-order valence-corrected chi connectivity index (χ3v) is 8.49. The number of carbonyl (C=O) groups is 1. The molecule has 2 unspecified atom stereocenters. The molecule has 1 aliphatic rings. The van der Waals surface area contributed by atoms with Gasteiger partial charge in [0.05, 0.1) is 25.4 Å². The number of nitrogens with one attached hydrogen (secondary N) is 1. The highest BCUT2D eigenvalue weighted by Gasteiger charge is 2.45. The molecular weight excluding hydrogens is 593 g/mol. The first-order valence-corrected chi connectivity index (χ1v) is 17.9. The summed E-state index contributed by atoms with van der Waals surface area (Å²) in [6.45, 7) is 11.7. The van der Waals surface area contributed by atoms with E-state index in [2.05, 4.69) is 26.1 Å². The Morgan fingerprint density at radius 1 is 0.886 bits per heavy atom. The second-order valence-electron chi connectivity index (χ2n) is 13.4. The largest absolute Gasteiger partial charge is 0.472 e. The molecule has 7 atom stereocenters. The summed E-state index contributed by atoms with van der Waals surface area (Å²) in [4.78, 5) is 21.5. The first-order chi connectivity index (χ1) is 20.6. The molecule has 44 heavy (non-hydrogen) atoms. The van der Waals surface area contributed by atoms with Gasteiger partial charge in [0.15, 0.2) is 6.29 Å². The van der Waals surface area contributed by atoms with Crippen molar-refractivity contribution in [2.45, 2.75) is 161 Å². The molecule has 13 heteroatoms.